The van der Waals surface area contributed by atoms with Gasteiger partial charge >= 0.3 is 0 Å². The first-order valence-corrected chi connectivity index (χ1v) is 2.62. The molecule has 0 fully saturated rings. The molecular weight excluding hydrogens is 141 g/mol. The molecule has 1 aromatic rings. The van der Waals surface area contributed by atoms with Crippen LogP contribution in [0, 0.1) is 18.3 Å². The van der Waals surface area contributed by atoms with Gasteiger partial charge in [-0.15, -0.1) is 0 Å². The van der Waals surface area contributed by atoms with Crippen molar-refractivity contribution in [3.8, 4) is 0 Å². The van der Waals surface area contributed by atoms with Gasteiger partial charge in [0.25, 0.3) is 0 Å². The summed E-state index contributed by atoms with van der Waals surface area (Å²) in [5, 5.41) is 0. The summed E-state index contributed by atoms with van der Waals surface area (Å²) < 4.78 is 36.0. The normalized spacial score (nSPS) is 9.90. The van der Waals surface area contributed by atoms with Gasteiger partial charge in [0.2, 0.25) is 0 Å². The number of hydrogen-bond acceptors (Lipinski definition) is 0. The topological polar surface area (TPSA) is 0 Å². The first-order valence-electron chi connectivity index (χ1n) is 2.62. The molecule has 0 bridgehead atoms. The summed E-state index contributed by atoms with van der Waals surface area (Å²) in [5.41, 5.74) is -0.0995. The van der Waals surface area contributed by atoms with Gasteiger partial charge in [-0.3, -0.25) is 0 Å². The minimum absolute atomic E-state index is 0.0995. The molecule has 0 aliphatic heterocycles. The summed E-state index contributed by atoms with van der Waals surface area (Å²) in [4.78, 5) is 0. The van der Waals surface area contributed by atoms with E-state index in [-0.39, 0.29) is 12.2 Å². The van der Waals surface area contributed by atoms with E-state index in [9.17, 15) is 13.2 Å². The lowest BCUT2D eigenvalue weighted by atomic mass is 10.2. The molecule has 10 heavy (non-hydrogen) atoms. The Balaban J connectivity index is 3.06. The van der Waals surface area contributed by atoms with Crippen LogP contribution in [-0.4, -0.2) is 0 Å². The molecule has 0 nitrogen and oxygen atoms in total. The first-order chi connectivity index (χ1) is 4.72. The third-order valence-electron chi connectivity index (χ3n) is 1.01. The summed E-state index contributed by atoms with van der Waals surface area (Å²) in [6.07, 6.45) is 0. The highest BCUT2D eigenvalue weighted by Crippen LogP contribution is 2.09. The molecule has 0 aliphatic rings. The molecule has 53 valence electrons. The van der Waals surface area contributed by atoms with Gasteiger partial charge in [0.15, 0.2) is 6.67 Å². The first kappa shape index (κ1) is 7.12. The second kappa shape index (κ2) is 2.73. The van der Waals surface area contributed by atoms with E-state index in [2.05, 4.69) is 0 Å². The van der Waals surface area contributed by atoms with Gasteiger partial charge in [0.05, 0.1) is 0 Å². The zero-order valence-corrected chi connectivity index (χ0v) is 4.94. The summed E-state index contributed by atoms with van der Waals surface area (Å²) in [6, 6.07) is 2.50. The maximum absolute atomic E-state index is 12.2. The maximum Gasteiger partial charge on any atom is 0.161 e. The van der Waals surface area contributed by atoms with Crippen LogP contribution in [0.15, 0.2) is 18.2 Å². The van der Waals surface area contributed by atoms with Crippen molar-refractivity contribution in [1.82, 2.24) is 0 Å². The summed E-state index contributed by atoms with van der Waals surface area (Å²) in [5.74, 6) is -1.55. The van der Waals surface area contributed by atoms with Gasteiger partial charge < -0.3 is 0 Å². The Hall–Kier alpha value is -0.990. The van der Waals surface area contributed by atoms with Gasteiger partial charge in [-0.1, -0.05) is 0 Å². The van der Waals surface area contributed by atoms with Crippen molar-refractivity contribution in [2.45, 2.75) is 0 Å². The molecule has 1 aromatic carbocycles. The molecule has 0 saturated heterocycles. The van der Waals surface area contributed by atoms with Crippen molar-refractivity contribution in [2.24, 2.45) is 0 Å². The maximum atomic E-state index is 12.2. The highest BCUT2D eigenvalue weighted by Gasteiger charge is 1.98. The molecule has 0 saturated carbocycles. The smallest absolute Gasteiger partial charge is 0.161 e. The largest absolute Gasteiger partial charge is 0.239 e. The van der Waals surface area contributed by atoms with Crippen molar-refractivity contribution in [1.29, 1.82) is 0 Å². The summed E-state index contributed by atoms with van der Waals surface area (Å²) in [7, 11) is 0. The number of halogens is 3. The molecule has 0 spiro atoms. The van der Waals surface area contributed by atoms with Gasteiger partial charge in [-0.05, 0) is 17.7 Å². The minimum atomic E-state index is -0.774. The molecule has 0 aromatic heterocycles. The van der Waals surface area contributed by atoms with E-state index < -0.39 is 11.6 Å². The molecule has 1 radical (unpaired) electrons. The van der Waals surface area contributed by atoms with Crippen LogP contribution in [0.4, 0.5) is 13.2 Å². The molecule has 0 atom stereocenters. The number of benzene rings is 1. The Morgan fingerprint density at radius 1 is 1.00 bits per heavy atom. The van der Waals surface area contributed by atoms with Crippen molar-refractivity contribution >= 4 is 0 Å². The lowest BCUT2D eigenvalue weighted by Crippen LogP contribution is -1.82. The lowest BCUT2D eigenvalue weighted by Gasteiger charge is -1.93. The third-order valence-corrected chi connectivity index (χ3v) is 1.01. The molecule has 0 aliphatic carbocycles. The van der Waals surface area contributed by atoms with Crippen LogP contribution < -0.4 is 0 Å². The Bertz CT molecular complexity index is 212. The van der Waals surface area contributed by atoms with Crippen LogP contribution in [0.25, 0.3) is 0 Å². The Morgan fingerprint density at radius 2 is 1.50 bits per heavy atom. The number of hydrogen-bond donors (Lipinski definition) is 0. The fraction of sp³-hybridized carbons (Fsp3) is 0. The average molecular weight is 145 g/mol. The van der Waals surface area contributed by atoms with Crippen LogP contribution in [-0.2, 0) is 0 Å². The van der Waals surface area contributed by atoms with E-state index in [1.54, 1.807) is 0 Å². The van der Waals surface area contributed by atoms with Gasteiger partial charge in [0.1, 0.15) is 11.6 Å². The van der Waals surface area contributed by atoms with Crippen LogP contribution in [0.3, 0.4) is 0 Å². The van der Waals surface area contributed by atoms with Crippen molar-refractivity contribution in [3.05, 3.63) is 42.1 Å². The van der Waals surface area contributed by atoms with Crippen LogP contribution >= 0.6 is 0 Å². The molecule has 0 amide bonds. The highest BCUT2D eigenvalue weighted by molar-refractivity contribution is 5.22. The summed E-state index contributed by atoms with van der Waals surface area (Å²) in [6.45, 7) is 0.145. The van der Waals surface area contributed by atoms with E-state index in [4.69, 9.17) is 0 Å². The van der Waals surface area contributed by atoms with E-state index in [1.807, 2.05) is 0 Å². The van der Waals surface area contributed by atoms with Crippen LogP contribution in [0.5, 0.6) is 0 Å². The van der Waals surface area contributed by atoms with E-state index in [0.717, 1.165) is 12.1 Å². The highest BCUT2D eigenvalue weighted by atomic mass is 19.1. The Kier molecular flexibility index (Phi) is 1.94. The molecule has 0 unspecified atom stereocenters. The predicted molar refractivity (Wildman–Crippen MR) is 30.9 cm³/mol. The minimum Gasteiger partial charge on any atom is -0.239 e. The molecular formula is C7H4F3. The van der Waals surface area contributed by atoms with E-state index >= 15 is 0 Å². The van der Waals surface area contributed by atoms with Gasteiger partial charge in [-0.2, -0.15) is 0 Å². The van der Waals surface area contributed by atoms with Crippen LogP contribution in [0.2, 0.25) is 0 Å². The standard InChI is InChI=1S/C7H4F3/c8-4-5-1-6(9)3-7(10)2-5/h1-4H. The fourth-order valence-corrected chi connectivity index (χ4v) is 0.638. The Morgan fingerprint density at radius 3 is 1.90 bits per heavy atom. The molecule has 0 heterocycles. The van der Waals surface area contributed by atoms with Crippen molar-refractivity contribution in [3.63, 3.8) is 0 Å². The zero-order chi connectivity index (χ0) is 7.56. The summed E-state index contributed by atoms with van der Waals surface area (Å²) >= 11 is 0. The Labute approximate surface area is 56.3 Å². The van der Waals surface area contributed by atoms with Gasteiger partial charge in [0, 0.05) is 6.07 Å². The van der Waals surface area contributed by atoms with Crippen molar-refractivity contribution in [2.75, 3.05) is 0 Å². The van der Waals surface area contributed by atoms with E-state index in [0.29, 0.717) is 6.07 Å². The SMILES string of the molecule is F[CH]c1cc(F)cc(F)c1. The number of rotatable bonds is 1. The quantitative estimate of drug-likeness (QED) is 0.569. The fourth-order valence-electron chi connectivity index (χ4n) is 0.638. The van der Waals surface area contributed by atoms with Gasteiger partial charge in [-0.25, -0.2) is 13.2 Å². The van der Waals surface area contributed by atoms with Crippen molar-refractivity contribution < 1.29 is 13.2 Å². The second-order valence-corrected chi connectivity index (χ2v) is 1.81. The average Bonchev–Trinajstić information content (AvgIpc) is 1.85. The monoisotopic (exact) mass is 145 g/mol. The molecule has 0 N–H and O–H groups in total. The van der Waals surface area contributed by atoms with E-state index in [1.165, 1.54) is 0 Å². The zero-order valence-electron chi connectivity index (χ0n) is 4.94. The molecule has 1 rings (SSSR count). The predicted octanol–water partition coefficient (Wildman–Crippen LogP) is 2.44. The van der Waals surface area contributed by atoms with Crippen LogP contribution in [0.1, 0.15) is 5.56 Å². The third kappa shape index (κ3) is 1.50. The second-order valence-electron chi connectivity index (χ2n) is 1.81. The lowest BCUT2D eigenvalue weighted by molar-refractivity contribution is 0.574. The molecule has 3 heteroatoms.